The first-order valence-corrected chi connectivity index (χ1v) is 6.96. The van der Waals surface area contributed by atoms with Crippen LogP contribution in [-0.4, -0.2) is 22.5 Å². The van der Waals surface area contributed by atoms with Crippen molar-refractivity contribution in [3.63, 3.8) is 0 Å². The maximum absolute atomic E-state index is 11.9. The first-order valence-electron chi connectivity index (χ1n) is 6.96. The largest absolute Gasteiger partial charge is 0.481 e. The van der Waals surface area contributed by atoms with Crippen molar-refractivity contribution in [2.24, 2.45) is 5.92 Å². The summed E-state index contributed by atoms with van der Waals surface area (Å²) in [5.74, 6) is -0.314. The van der Waals surface area contributed by atoms with Gasteiger partial charge in [-0.25, -0.2) is 0 Å². The molecule has 1 saturated carbocycles. The topological polar surface area (TPSA) is 66.4 Å². The van der Waals surface area contributed by atoms with Crippen molar-refractivity contribution < 1.29 is 14.7 Å². The highest BCUT2D eigenvalue weighted by Gasteiger charge is 2.35. The molecule has 1 aliphatic carbocycles. The lowest BCUT2D eigenvalue weighted by atomic mass is 9.79. The third-order valence-corrected chi connectivity index (χ3v) is 3.65. The molecule has 18 heavy (non-hydrogen) atoms. The average Bonchev–Trinajstić information content (AvgIpc) is 2.26. The summed E-state index contributed by atoms with van der Waals surface area (Å²) in [5, 5.41) is 12.0. The molecule has 1 rings (SSSR count). The smallest absolute Gasteiger partial charge is 0.305 e. The van der Waals surface area contributed by atoms with Crippen molar-refractivity contribution >= 4 is 11.9 Å². The minimum absolute atomic E-state index is 0.00634. The summed E-state index contributed by atoms with van der Waals surface area (Å²) >= 11 is 0. The SMILES string of the molecule is CC(C)CCC(=O)NC1(CC(=O)O)CCCCC1. The second kappa shape index (κ2) is 6.76. The average molecular weight is 255 g/mol. The predicted octanol–water partition coefficient (Wildman–Crippen LogP) is 2.72. The van der Waals surface area contributed by atoms with Gasteiger partial charge in [0.05, 0.1) is 12.0 Å². The Kier molecular flexibility index (Phi) is 5.63. The molecule has 0 spiro atoms. The van der Waals surface area contributed by atoms with Crippen molar-refractivity contribution in [3.8, 4) is 0 Å². The van der Waals surface area contributed by atoms with Crippen LogP contribution < -0.4 is 5.32 Å². The summed E-state index contributed by atoms with van der Waals surface area (Å²) in [4.78, 5) is 22.9. The molecule has 1 aliphatic rings. The Bertz CT molecular complexity index is 293. The van der Waals surface area contributed by atoms with Crippen LogP contribution in [-0.2, 0) is 9.59 Å². The Morgan fingerprint density at radius 2 is 1.83 bits per heavy atom. The van der Waals surface area contributed by atoms with Crippen molar-refractivity contribution in [2.45, 2.75) is 70.8 Å². The van der Waals surface area contributed by atoms with Gasteiger partial charge in [0.1, 0.15) is 0 Å². The van der Waals surface area contributed by atoms with Gasteiger partial charge in [0.25, 0.3) is 0 Å². The number of hydrogen-bond acceptors (Lipinski definition) is 2. The summed E-state index contributed by atoms with van der Waals surface area (Å²) in [6.45, 7) is 4.17. The van der Waals surface area contributed by atoms with E-state index in [-0.39, 0.29) is 12.3 Å². The summed E-state index contributed by atoms with van der Waals surface area (Å²) in [6, 6.07) is 0. The lowest BCUT2D eigenvalue weighted by Gasteiger charge is -2.37. The van der Waals surface area contributed by atoms with Crippen LogP contribution in [0.15, 0.2) is 0 Å². The summed E-state index contributed by atoms with van der Waals surface area (Å²) in [7, 11) is 0. The number of carbonyl (C=O) groups is 2. The number of nitrogens with one attached hydrogen (secondary N) is 1. The molecule has 0 saturated heterocycles. The first-order chi connectivity index (χ1) is 8.43. The van der Waals surface area contributed by atoms with Gasteiger partial charge in [0.15, 0.2) is 0 Å². The Balaban J connectivity index is 2.55. The summed E-state index contributed by atoms with van der Waals surface area (Å²) in [5.41, 5.74) is -0.488. The Morgan fingerprint density at radius 1 is 1.22 bits per heavy atom. The Labute approximate surface area is 109 Å². The van der Waals surface area contributed by atoms with Gasteiger partial charge in [-0.2, -0.15) is 0 Å². The van der Waals surface area contributed by atoms with Crippen molar-refractivity contribution in [1.82, 2.24) is 5.32 Å². The Morgan fingerprint density at radius 3 is 2.33 bits per heavy atom. The number of hydrogen-bond donors (Lipinski definition) is 2. The van der Waals surface area contributed by atoms with Crippen LogP contribution in [0.5, 0.6) is 0 Å². The van der Waals surface area contributed by atoms with Gasteiger partial charge in [-0.3, -0.25) is 9.59 Å². The molecule has 1 fully saturated rings. The van der Waals surface area contributed by atoms with Crippen molar-refractivity contribution in [2.75, 3.05) is 0 Å². The van der Waals surface area contributed by atoms with Crippen molar-refractivity contribution in [3.05, 3.63) is 0 Å². The highest BCUT2D eigenvalue weighted by Crippen LogP contribution is 2.31. The molecule has 4 heteroatoms. The zero-order valence-corrected chi connectivity index (χ0v) is 11.5. The molecule has 0 radical (unpaired) electrons. The highest BCUT2D eigenvalue weighted by molar-refractivity contribution is 5.78. The maximum Gasteiger partial charge on any atom is 0.305 e. The fourth-order valence-corrected chi connectivity index (χ4v) is 2.64. The number of rotatable bonds is 6. The quantitative estimate of drug-likeness (QED) is 0.767. The van der Waals surface area contributed by atoms with Gasteiger partial charge in [0.2, 0.25) is 5.91 Å². The van der Waals surface area contributed by atoms with Gasteiger partial charge in [-0.05, 0) is 25.2 Å². The van der Waals surface area contributed by atoms with E-state index in [1.165, 1.54) is 0 Å². The van der Waals surface area contributed by atoms with E-state index in [9.17, 15) is 9.59 Å². The summed E-state index contributed by atoms with van der Waals surface area (Å²) in [6.07, 6.45) is 6.17. The van der Waals surface area contributed by atoms with E-state index in [4.69, 9.17) is 5.11 Å². The molecule has 0 heterocycles. The minimum Gasteiger partial charge on any atom is -0.481 e. The maximum atomic E-state index is 11.9. The normalized spacial score (nSPS) is 18.6. The van der Waals surface area contributed by atoms with E-state index in [0.29, 0.717) is 12.3 Å². The zero-order valence-electron chi connectivity index (χ0n) is 11.5. The first kappa shape index (κ1) is 15.0. The van der Waals surface area contributed by atoms with E-state index < -0.39 is 11.5 Å². The predicted molar refractivity (Wildman–Crippen MR) is 70.3 cm³/mol. The van der Waals surface area contributed by atoms with E-state index in [1.807, 2.05) is 0 Å². The summed E-state index contributed by atoms with van der Waals surface area (Å²) < 4.78 is 0. The second-order valence-electron chi connectivity index (χ2n) is 5.89. The van der Waals surface area contributed by atoms with Crippen molar-refractivity contribution in [1.29, 1.82) is 0 Å². The van der Waals surface area contributed by atoms with E-state index >= 15 is 0 Å². The standard InChI is InChI=1S/C14H25NO3/c1-11(2)6-7-12(16)15-14(10-13(17)18)8-4-3-5-9-14/h11H,3-10H2,1-2H3,(H,15,16)(H,17,18). The fourth-order valence-electron chi connectivity index (χ4n) is 2.64. The lowest BCUT2D eigenvalue weighted by Crippen LogP contribution is -2.51. The van der Waals surface area contributed by atoms with Crippen LogP contribution in [0.3, 0.4) is 0 Å². The number of amides is 1. The molecule has 1 amide bonds. The number of carboxylic acids is 1. The second-order valence-corrected chi connectivity index (χ2v) is 5.89. The van der Waals surface area contributed by atoms with Gasteiger partial charge >= 0.3 is 5.97 Å². The molecule has 0 aromatic rings. The zero-order chi connectivity index (χ0) is 13.6. The van der Waals surface area contributed by atoms with Crippen LogP contribution in [0.1, 0.15) is 65.2 Å². The minimum atomic E-state index is -0.818. The monoisotopic (exact) mass is 255 g/mol. The molecule has 0 bridgehead atoms. The van der Waals surface area contributed by atoms with E-state index in [1.54, 1.807) is 0 Å². The lowest BCUT2D eigenvalue weighted by molar-refractivity contribution is -0.139. The molecule has 104 valence electrons. The Hall–Kier alpha value is -1.06. The number of carbonyl (C=O) groups excluding carboxylic acids is 1. The third kappa shape index (κ3) is 5.07. The van der Waals surface area contributed by atoms with Gasteiger partial charge in [-0.1, -0.05) is 33.1 Å². The van der Waals surface area contributed by atoms with Crippen LogP contribution in [0.4, 0.5) is 0 Å². The third-order valence-electron chi connectivity index (χ3n) is 3.65. The molecule has 0 aromatic heterocycles. The molecule has 0 unspecified atom stereocenters. The van der Waals surface area contributed by atoms with Gasteiger partial charge in [-0.15, -0.1) is 0 Å². The van der Waals surface area contributed by atoms with E-state index in [2.05, 4.69) is 19.2 Å². The molecule has 2 N–H and O–H groups in total. The fraction of sp³-hybridized carbons (Fsp3) is 0.857. The molecule has 0 aromatic carbocycles. The van der Waals surface area contributed by atoms with Gasteiger partial charge < -0.3 is 10.4 Å². The van der Waals surface area contributed by atoms with E-state index in [0.717, 1.165) is 38.5 Å². The number of carboxylic acid groups (broad SMARTS) is 1. The molecule has 0 aliphatic heterocycles. The van der Waals surface area contributed by atoms with Crippen LogP contribution in [0.25, 0.3) is 0 Å². The highest BCUT2D eigenvalue weighted by atomic mass is 16.4. The number of aliphatic carboxylic acids is 1. The van der Waals surface area contributed by atoms with Crippen LogP contribution >= 0.6 is 0 Å². The molecular weight excluding hydrogens is 230 g/mol. The van der Waals surface area contributed by atoms with Gasteiger partial charge in [0, 0.05) is 6.42 Å². The molecule has 0 atom stereocenters. The van der Waals surface area contributed by atoms with Crippen LogP contribution in [0, 0.1) is 5.92 Å². The molecular formula is C14H25NO3. The molecule has 4 nitrogen and oxygen atoms in total. The van der Waals surface area contributed by atoms with Crippen LogP contribution in [0.2, 0.25) is 0 Å².